The molecule has 2 rings (SSSR count). The van der Waals surface area contributed by atoms with E-state index in [1.807, 2.05) is 30.3 Å². The maximum absolute atomic E-state index is 11.6. The Kier molecular flexibility index (Phi) is 4.98. The fraction of sp³-hybridized carbons (Fsp3) is 0.533. The number of β-amino-alcohol motifs (C(OH)–C–C–N with tert-alkyl or cyclic N) is 1. The zero-order chi connectivity index (χ0) is 14.4. The van der Waals surface area contributed by atoms with Gasteiger partial charge in [0.1, 0.15) is 18.5 Å². The number of carbonyl (C=O) groups is 1. The van der Waals surface area contributed by atoms with E-state index in [2.05, 4.69) is 5.32 Å². The average molecular weight is 278 g/mol. The van der Waals surface area contributed by atoms with Crippen molar-refractivity contribution in [3.8, 4) is 5.75 Å². The largest absolute Gasteiger partial charge is 0.491 e. The summed E-state index contributed by atoms with van der Waals surface area (Å²) in [6, 6.07) is 9.33. The Morgan fingerprint density at radius 2 is 2.00 bits per heavy atom. The lowest BCUT2D eigenvalue weighted by molar-refractivity contribution is -0.124. The molecule has 5 nitrogen and oxygen atoms in total. The van der Waals surface area contributed by atoms with Crippen molar-refractivity contribution in [2.75, 3.05) is 13.2 Å². The molecule has 1 aromatic rings. The van der Waals surface area contributed by atoms with Gasteiger partial charge in [0, 0.05) is 6.54 Å². The average Bonchev–Trinajstić information content (AvgIpc) is 2.94. The van der Waals surface area contributed by atoms with E-state index >= 15 is 0 Å². The van der Waals surface area contributed by atoms with Crippen molar-refractivity contribution >= 4 is 5.91 Å². The topological polar surface area (TPSA) is 84.6 Å². The van der Waals surface area contributed by atoms with Crippen LogP contribution >= 0.6 is 0 Å². The van der Waals surface area contributed by atoms with E-state index in [9.17, 15) is 9.90 Å². The van der Waals surface area contributed by atoms with Gasteiger partial charge in [-0.05, 0) is 25.0 Å². The van der Waals surface area contributed by atoms with Crippen LogP contribution in [0, 0.1) is 0 Å². The second-order valence-corrected chi connectivity index (χ2v) is 5.31. The summed E-state index contributed by atoms with van der Waals surface area (Å²) in [5.74, 6) is 0.392. The fourth-order valence-electron chi connectivity index (χ4n) is 2.57. The summed E-state index contributed by atoms with van der Waals surface area (Å²) in [6.07, 6.45) is 2.80. The van der Waals surface area contributed by atoms with E-state index in [-0.39, 0.29) is 12.5 Å². The lowest BCUT2D eigenvalue weighted by Gasteiger charge is -2.28. The van der Waals surface area contributed by atoms with Crippen molar-refractivity contribution in [2.24, 2.45) is 5.73 Å². The molecule has 1 unspecified atom stereocenters. The number of aliphatic hydroxyl groups is 1. The van der Waals surface area contributed by atoms with Gasteiger partial charge in [0.05, 0.1) is 5.54 Å². The predicted molar refractivity (Wildman–Crippen MR) is 76.3 cm³/mol. The van der Waals surface area contributed by atoms with E-state index in [0.717, 1.165) is 31.4 Å². The molecular formula is C15H22N2O3. The molecule has 110 valence electrons. The molecule has 1 aliphatic rings. The molecule has 1 atom stereocenters. The summed E-state index contributed by atoms with van der Waals surface area (Å²) >= 11 is 0. The Balaban J connectivity index is 1.77. The molecule has 0 saturated heterocycles. The Bertz CT molecular complexity index is 430. The number of para-hydroxylation sites is 1. The van der Waals surface area contributed by atoms with E-state index in [1.54, 1.807) is 0 Å². The van der Waals surface area contributed by atoms with Gasteiger partial charge in [-0.25, -0.2) is 0 Å². The maximum Gasteiger partial charge on any atom is 0.237 e. The monoisotopic (exact) mass is 278 g/mol. The Morgan fingerprint density at radius 3 is 2.60 bits per heavy atom. The number of amides is 1. The first kappa shape index (κ1) is 14.8. The number of ether oxygens (including phenoxy) is 1. The van der Waals surface area contributed by atoms with Crippen LogP contribution in [0.3, 0.4) is 0 Å². The van der Waals surface area contributed by atoms with Crippen molar-refractivity contribution in [3.05, 3.63) is 30.3 Å². The van der Waals surface area contributed by atoms with Crippen molar-refractivity contribution in [2.45, 2.75) is 37.3 Å². The number of primary amides is 1. The highest BCUT2D eigenvalue weighted by atomic mass is 16.5. The normalized spacial score (nSPS) is 18.6. The van der Waals surface area contributed by atoms with Gasteiger partial charge in [-0.15, -0.1) is 0 Å². The van der Waals surface area contributed by atoms with Crippen LogP contribution in [0.2, 0.25) is 0 Å². The molecular weight excluding hydrogens is 256 g/mol. The molecule has 0 aliphatic heterocycles. The molecule has 4 N–H and O–H groups in total. The zero-order valence-corrected chi connectivity index (χ0v) is 11.5. The number of nitrogens with one attached hydrogen (secondary N) is 1. The highest BCUT2D eigenvalue weighted by molar-refractivity contribution is 5.85. The first-order chi connectivity index (χ1) is 9.62. The quantitative estimate of drug-likeness (QED) is 0.689. The lowest BCUT2D eigenvalue weighted by Crippen LogP contribution is -2.55. The summed E-state index contributed by atoms with van der Waals surface area (Å²) in [5.41, 5.74) is 4.82. The summed E-state index contributed by atoms with van der Waals surface area (Å²) in [7, 11) is 0. The second kappa shape index (κ2) is 6.72. The summed E-state index contributed by atoms with van der Waals surface area (Å²) in [6.45, 7) is 0.488. The number of aliphatic hydroxyl groups excluding tert-OH is 1. The van der Waals surface area contributed by atoms with Crippen LogP contribution in [-0.2, 0) is 4.79 Å². The highest BCUT2D eigenvalue weighted by Gasteiger charge is 2.39. The van der Waals surface area contributed by atoms with Crippen LogP contribution in [-0.4, -0.2) is 35.8 Å². The van der Waals surface area contributed by atoms with E-state index in [4.69, 9.17) is 10.5 Å². The summed E-state index contributed by atoms with van der Waals surface area (Å²) in [5, 5.41) is 13.1. The molecule has 20 heavy (non-hydrogen) atoms. The molecule has 0 radical (unpaired) electrons. The molecule has 1 aromatic carbocycles. The third kappa shape index (κ3) is 3.71. The van der Waals surface area contributed by atoms with Crippen molar-refractivity contribution in [1.82, 2.24) is 5.32 Å². The predicted octanol–water partition coefficient (Wildman–Crippen LogP) is 0.814. The second-order valence-electron chi connectivity index (χ2n) is 5.31. The van der Waals surface area contributed by atoms with Crippen LogP contribution in [0.1, 0.15) is 25.7 Å². The molecule has 0 bridgehead atoms. The number of hydrogen-bond acceptors (Lipinski definition) is 4. The summed E-state index contributed by atoms with van der Waals surface area (Å²) < 4.78 is 5.47. The number of hydrogen-bond donors (Lipinski definition) is 3. The molecule has 1 fully saturated rings. The van der Waals surface area contributed by atoms with Gasteiger partial charge >= 0.3 is 0 Å². The molecule has 0 spiro atoms. The molecule has 0 aromatic heterocycles. The van der Waals surface area contributed by atoms with E-state index in [1.165, 1.54) is 0 Å². The molecule has 1 amide bonds. The standard InChI is InChI=1S/C15H22N2O3/c16-14(19)15(8-4-5-9-15)17-10-12(18)11-20-13-6-2-1-3-7-13/h1-3,6-7,12,17-18H,4-5,8-11H2,(H2,16,19). The number of nitrogens with two attached hydrogens (primary N) is 1. The van der Waals surface area contributed by atoms with Crippen molar-refractivity contribution in [1.29, 1.82) is 0 Å². The SMILES string of the molecule is NC(=O)C1(NCC(O)COc2ccccc2)CCCC1. The van der Waals surface area contributed by atoms with Crippen molar-refractivity contribution in [3.63, 3.8) is 0 Å². The smallest absolute Gasteiger partial charge is 0.237 e. The van der Waals surface area contributed by atoms with Crippen LogP contribution in [0.4, 0.5) is 0 Å². The van der Waals surface area contributed by atoms with Crippen molar-refractivity contribution < 1.29 is 14.6 Å². The number of rotatable bonds is 7. The lowest BCUT2D eigenvalue weighted by atomic mass is 9.96. The van der Waals surface area contributed by atoms with Gasteiger partial charge in [0.15, 0.2) is 0 Å². The van der Waals surface area contributed by atoms with Gasteiger partial charge in [0.25, 0.3) is 0 Å². The highest BCUT2D eigenvalue weighted by Crippen LogP contribution is 2.29. The molecule has 0 heterocycles. The minimum atomic E-state index is -0.674. The van der Waals surface area contributed by atoms with Crippen LogP contribution in [0.25, 0.3) is 0 Å². The van der Waals surface area contributed by atoms with Crippen LogP contribution in [0.5, 0.6) is 5.75 Å². The van der Waals surface area contributed by atoms with Gasteiger partial charge in [0.2, 0.25) is 5.91 Å². The minimum Gasteiger partial charge on any atom is -0.491 e. The third-order valence-electron chi connectivity index (χ3n) is 3.79. The third-order valence-corrected chi connectivity index (χ3v) is 3.79. The van der Waals surface area contributed by atoms with E-state index < -0.39 is 11.6 Å². The van der Waals surface area contributed by atoms with E-state index in [0.29, 0.717) is 6.54 Å². The minimum absolute atomic E-state index is 0.186. The fourth-order valence-corrected chi connectivity index (χ4v) is 2.57. The number of carbonyl (C=O) groups excluding carboxylic acids is 1. The first-order valence-electron chi connectivity index (χ1n) is 7.03. The summed E-state index contributed by atoms with van der Waals surface area (Å²) in [4.78, 5) is 11.6. The van der Waals surface area contributed by atoms with Gasteiger partial charge in [-0.1, -0.05) is 31.0 Å². The van der Waals surface area contributed by atoms with Crippen LogP contribution in [0.15, 0.2) is 30.3 Å². The Labute approximate surface area is 119 Å². The van der Waals surface area contributed by atoms with Gasteiger partial charge < -0.3 is 20.9 Å². The molecule has 5 heteroatoms. The molecule has 1 aliphatic carbocycles. The molecule has 1 saturated carbocycles. The zero-order valence-electron chi connectivity index (χ0n) is 11.5. The maximum atomic E-state index is 11.6. The van der Waals surface area contributed by atoms with Gasteiger partial charge in [-0.3, -0.25) is 4.79 Å². The Morgan fingerprint density at radius 1 is 1.35 bits per heavy atom. The first-order valence-corrected chi connectivity index (χ1v) is 7.03. The Hall–Kier alpha value is -1.59. The number of benzene rings is 1. The van der Waals surface area contributed by atoms with Crippen LogP contribution < -0.4 is 15.8 Å². The van der Waals surface area contributed by atoms with Gasteiger partial charge in [-0.2, -0.15) is 0 Å².